The molecule has 0 aromatic heterocycles. The van der Waals surface area contributed by atoms with Crippen molar-refractivity contribution in [2.75, 3.05) is 11.9 Å². The summed E-state index contributed by atoms with van der Waals surface area (Å²) < 4.78 is 5.47. The molecule has 0 aliphatic carbocycles. The SMILES string of the molecule is C[C@@H]1OCC[C@H]1Nc1ccccc1Cl. The van der Waals surface area contributed by atoms with Gasteiger partial charge in [-0.3, -0.25) is 0 Å². The van der Waals surface area contributed by atoms with Crippen LogP contribution in [0.25, 0.3) is 0 Å². The summed E-state index contributed by atoms with van der Waals surface area (Å²) in [7, 11) is 0. The van der Waals surface area contributed by atoms with E-state index in [2.05, 4.69) is 12.2 Å². The maximum atomic E-state index is 6.05. The van der Waals surface area contributed by atoms with E-state index in [0.717, 1.165) is 23.7 Å². The Morgan fingerprint density at radius 3 is 2.86 bits per heavy atom. The van der Waals surface area contributed by atoms with Gasteiger partial charge in [0.25, 0.3) is 0 Å². The van der Waals surface area contributed by atoms with Crippen molar-refractivity contribution in [2.45, 2.75) is 25.5 Å². The Labute approximate surface area is 89.2 Å². The fraction of sp³-hybridized carbons (Fsp3) is 0.455. The molecule has 0 unspecified atom stereocenters. The Morgan fingerprint density at radius 1 is 1.43 bits per heavy atom. The lowest BCUT2D eigenvalue weighted by molar-refractivity contribution is 0.121. The molecule has 0 radical (unpaired) electrons. The van der Waals surface area contributed by atoms with Crippen molar-refractivity contribution in [2.24, 2.45) is 0 Å². The first-order chi connectivity index (χ1) is 6.77. The second kappa shape index (κ2) is 4.20. The van der Waals surface area contributed by atoms with E-state index in [1.807, 2.05) is 24.3 Å². The van der Waals surface area contributed by atoms with Crippen LogP contribution in [0, 0.1) is 0 Å². The molecule has 0 bridgehead atoms. The summed E-state index contributed by atoms with van der Waals surface area (Å²) in [6.07, 6.45) is 1.32. The first kappa shape index (κ1) is 9.81. The first-order valence-corrected chi connectivity index (χ1v) is 5.28. The Hall–Kier alpha value is -0.730. The van der Waals surface area contributed by atoms with Gasteiger partial charge in [-0.15, -0.1) is 0 Å². The van der Waals surface area contributed by atoms with Gasteiger partial charge in [0, 0.05) is 6.61 Å². The van der Waals surface area contributed by atoms with Crippen LogP contribution in [0.2, 0.25) is 5.02 Å². The van der Waals surface area contributed by atoms with E-state index in [1.54, 1.807) is 0 Å². The van der Waals surface area contributed by atoms with Crippen LogP contribution in [-0.2, 0) is 4.74 Å². The zero-order chi connectivity index (χ0) is 9.97. The molecule has 1 aromatic rings. The molecule has 2 rings (SSSR count). The van der Waals surface area contributed by atoms with E-state index >= 15 is 0 Å². The van der Waals surface area contributed by atoms with E-state index in [1.165, 1.54) is 0 Å². The van der Waals surface area contributed by atoms with Gasteiger partial charge in [0.1, 0.15) is 0 Å². The van der Waals surface area contributed by atoms with E-state index in [0.29, 0.717) is 6.04 Å². The lowest BCUT2D eigenvalue weighted by Gasteiger charge is -2.18. The van der Waals surface area contributed by atoms with E-state index < -0.39 is 0 Å². The molecule has 76 valence electrons. The van der Waals surface area contributed by atoms with Gasteiger partial charge in [0.2, 0.25) is 0 Å². The van der Waals surface area contributed by atoms with Crippen LogP contribution in [0.15, 0.2) is 24.3 Å². The molecular weight excluding hydrogens is 198 g/mol. The smallest absolute Gasteiger partial charge is 0.0748 e. The second-order valence-corrected chi connectivity index (χ2v) is 4.00. The number of anilines is 1. The monoisotopic (exact) mass is 211 g/mol. The zero-order valence-electron chi connectivity index (χ0n) is 8.16. The Bertz CT molecular complexity index is 316. The van der Waals surface area contributed by atoms with Crippen LogP contribution in [-0.4, -0.2) is 18.8 Å². The maximum absolute atomic E-state index is 6.05. The molecule has 1 fully saturated rings. The summed E-state index contributed by atoms with van der Waals surface area (Å²) in [4.78, 5) is 0. The highest BCUT2D eigenvalue weighted by atomic mass is 35.5. The molecule has 0 amide bonds. The van der Waals surface area contributed by atoms with E-state index in [-0.39, 0.29) is 6.10 Å². The van der Waals surface area contributed by atoms with E-state index in [9.17, 15) is 0 Å². The van der Waals surface area contributed by atoms with Crippen LogP contribution in [0.4, 0.5) is 5.69 Å². The van der Waals surface area contributed by atoms with Crippen molar-refractivity contribution >= 4 is 17.3 Å². The summed E-state index contributed by atoms with van der Waals surface area (Å²) in [6, 6.07) is 8.18. The average molecular weight is 212 g/mol. The molecule has 1 aromatic carbocycles. The number of hydrogen-bond acceptors (Lipinski definition) is 2. The third kappa shape index (κ3) is 2.02. The molecule has 14 heavy (non-hydrogen) atoms. The van der Waals surface area contributed by atoms with Crippen LogP contribution in [0.3, 0.4) is 0 Å². The Morgan fingerprint density at radius 2 is 2.21 bits per heavy atom. The second-order valence-electron chi connectivity index (χ2n) is 3.60. The van der Waals surface area contributed by atoms with Gasteiger partial charge in [-0.25, -0.2) is 0 Å². The van der Waals surface area contributed by atoms with Crippen molar-refractivity contribution in [3.63, 3.8) is 0 Å². The number of hydrogen-bond donors (Lipinski definition) is 1. The molecule has 1 aliphatic rings. The van der Waals surface area contributed by atoms with Crippen LogP contribution in [0.1, 0.15) is 13.3 Å². The van der Waals surface area contributed by atoms with Gasteiger partial charge >= 0.3 is 0 Å². The molecule has 1 heterocycles. The van der Waals surface area contributed by atoms with Crippen molar-refractivity contribution in [1.29, 1.82) is 0 Å². The highest BCUT2D eigenvalue weighted by Crippen LogP contribution is 2.24. The predicted octanol–water partition coefficient (Wildman–Crippen LogP) is 2.93. The molecule has 3 heteroatoms. The fourth-order valence-corrected chi connectivity index (χ4v) is 1.89. The number of para-hydroxylation sites is 1. The number of benzene rings is 1. The van der Waals surface area contributed by atoms with Crippen molar-refractivity contribution in [3.05, 3.63) is 29.3 Å². The average Bonchev–Trinajstić information content (AvgIpc) is 2.56. The highest BCUT2D eigenvalue weighted by molar-refractivity contribution is 6.33. The Kier molecular flexibility index (Phi) is 2.94. The van der Waals surface area contributed by atoms with Crippen molar-refractivity contribution in [1.82, 2.24) is 0 Å². The predicted molar refractivity (Wildman–Crippen MR) is 58.9 cm³/mol. The Balaban J connectivity index is 2.07. The minimum atomic E-state index is 0.270. The summed E-state index contributed by atoms with van der Waals surface area (Å²) >= 11 is 6.05. The normalized spacial score (nSPS) is 26.4. The molecule has 1 saturated heterocycles. The number of nitrogens with one attached hydrogen (secondary N) is 1. The van der Waals surface area contributed by atoms with Crippen molar-refractivity contribution < 1.29 is 4.74 Å². The summed E-state index contributed by atoms with van der Waals surface area (Å²) in [5, 5.41) is 4.17. The number of rotatable bonds is 2. The highest BCUT2D eigenvalue weighted by Gasteiger charge is 2.24. The van der Waals surface area contributed by atoms with Crippen LogP contribution in [0.5, 0.6) is 0 Å². The third-order valence-corrected chi connectivity index (χ3v) is 2.92. The number of halogens is 1. The standard InChI is InChI=1S/C11H14ClNO/c1-8-10(6-7-14-8)13-11-5-3-2-4-9(11)12/h2-5,8,10,13H,6-7H2,1H3/t8-,10+/m0/s1. The first-order valence-electron chi connectivity index (χ1n) is 4.90. The minimum Gasteiger partial charge on any atom is -0.378 e. The molecule has 0 saturated carbocycles. The van der Waals surface area contributed by atoms with E-state index in [4.69, 9.17) is 16.3 Å². The summed E-state index contributed by atoms with van der Waals surface area (Å²) in [6.45, 7) is 2.92. The quantitative estimate of drug-likeness (QED) is 0.812. The molecule has 2 atom stereocenters. The minimum absolute atomic E-state index is 0.270. The molecular formula is C11H14ClNO. The lowest BCUT2D eigenvalue weighted by atomic mass is 10.1. The largest absolute Gasteiger partial charge is 0.378 e. The zero-order valence-corrected chi connectivity index (χ0v) is 8.92. The van der Waals surface area contributed by atoms with Gasteiger partial charge in [-0.05, 0) is 25.5 Å². The molecule has 2 nitrogen and oxygen atoms in total. The van der Waals surface area contributed by atoms with Gasteiger partial charge in [0.15, 0.2) is 0 Å². The van der Waals surface area contributed by atoms with Crippen molar-refractivity contribution in [3.8, 4) is 0 Å². The maximum Gasteiger partial charge on any atom is 0.0748 e. The van der Waals surface area contributed by atoms with Gasteiger partial charge in [-0.2, -0.15) is 0 Å². The fourth-order valence-electron chi connectivity index (χ4n) is 1.70. The van der Waals surface area contributed by atoms with Gasteiger partial charge < -0.3 is 10.1 Å². The number of ether oxygens (including phenoxy) is 1. The van der Waals surface area contributed by atoms with Crippen LogP contribution < -0.4 is 5.32 Å². The molecule has 0 spiro atoms. The van der Waals surface area contributed by atoms with Crippen LogP contribution >= 0.6 is 11.6 Å². The summed E-state index contributed by atoms with van der Waals surface area (Å²) in [5.74, 6) is 0. The molecule has 1 N–H and O–H groups in total. The third-order valence-electron chi connectivity index (χ3n) is 2.59. The van der Waals surface area contributed by atoms with Gasteiger partial charge in [-0.1, -0.05) is 23.7 Å². The summed E-state index contributed by atoms with van der Waals surface area (Å²) in [5.41, 5.74) is 0.997. The topological polar surface area (TPSA) is 21.3 Å². The van der Waals surface area contributed by atoms with Gasteiger partial charge in [0.05, 0.1) is 22.9 Å². The molecule has 1 aliphatic heterocycles. The lowest BCUT2D eigenvalue weighted by Crippen LogP contribution is -2.26.